The van der Waals surface area contributed by atoms with Crippen LogP contribution in [0.4, 0.5) is 4.39 Å². The molecule has 2 rings (SSSR count). The van der Waals surface area contributed by atoms with Gasteiger partial charge in [-0.25, -0.2) is 4.39 Å². The SMILES string of the molecule is COCCC(C)N1C(=O)CNC1c1ccc(F)cc1. The van der Waals surface area contributed by atoms with Crippen molar-refractivity contribution in [3.8, 4) is 0 Å². The molecule has 0 bridgehead atoms. The van der Waals surface area contributed by atoms with Gasteiger partial charge in [-0.2, -0.15) is 0 Å². The smallest absolute Gasteiger partial charge is 0.238 e. The van der Waals surface area contributed by atoms with E-state index in [2.05, 4.69) is 5.32 Å². The second-order valence-corrected chi connectivity index (χ2v) is 4.77. The fourth-order valence-corrected chi connectivity index (χ4v) is 2.37. The van der Waals surface area contributed by atoms with E-state index in [1.165, 1.54) is 12.1 Å². The number of methoxy groups -OCH3 is 1. The van der Waals surface area contributed by atoms with Crippen LogP contribution in [0.15, 0.2) is 24.3 Å². The van der Waals surface area contributed by atoms with E-state index in [0.29, 0.717) is 13.2 Å². The highest BCUT2D eigenvalue weighted by Crippen LogP contribution is 2.26. The van der Waals surface area contributed by atoms with Crippen LogP contribution in [0.1, 0.15) is 25.1 Å². The number of nitrogens with one attached hydrogen (secondary N) is 1. The van der Waals surface area contributed by atoms with Crippen molar-refractivity contribution in [3.63, 3.8) is 0 Å². The number of hydrogen-bond donors (Lipinski definition) is 1. The molecule has 0 spiro atoms. The molecule has 1 heterocycles. The second-order valence-electron chi connectivity index (χ2n) is 4.77. The van der Waals surface area contributed by atoms with Crippen LogP contribution in [0.5, 0.6) is 0 Å². The molecule has 1 saturated heterocycles. The number of hydrogen-bond acceptors (Lipinski definition) is 3. The molecule has 0 aliphatic carbocycles. The number of carbonyl (C=O) groups is 1. The summed E-state index contributed by atoms with van der Waals surface area (Å²) in [6, 6.07) is 6.33. The van der Waals surface area contributed by atoms with Gasteiger partial charge in [0.15, 0.2) is 0 Å². The van der Waals surface area contributed by atoms with Gasteiger partial charge in [-0.3, -0.25) is 10.1 Å². The molecule has 0 radical (unpaired) electrons. The van der Waals surface area contributed by atoms with Gasteiger partial charge in [0.25, 0.3) is 0 Å². The summed E-state index contributed by atoms with van der Waals surface area (Å²) in [5.74, 6) is -0.204. The maximum Gasteiger partial charge on any atom is 0.238 e. The normalized spacial score (nSPS) is 20.9. The van der Waals surface area contributed by atoms with Crippen molar-refractivity contribution in [3.05, 3.63) is 35.6 Å². The van der Waals surface area contributed by atoms with Crippen molar-refractivity contribution in [2.45, 2.75) is 25.6 Å². The molecule has 1 N–H and O–H groups in total. The standard InChI is InChI=1S/C14H19FN2O2/c1-10(7-8-19-2)17-13(18)9-16-14(17)11-3-5-12(15)6-4-11/h3-6,10,14,16H,7-9H2,1-2H3. The minimum absolute atomic E-state index is 0.0675. The molecule has 1 fully saturated rings. The summed E-state index contributed by atoms with van der Waals surface area (Å²) in [6.07, 6.45) is 0.599. The van der Waals surface area contributed by atoms with Gasteiger partial charge in [-0.05, 0) is 31.0 Å². The predicted octanol–water partition coefficient (Wildman–Crippen LogP) is 1.68. The molecule has 1 aliphatic rings. The molecule has 19 heavy (non-hydrogen) atoms. The highest BCUT2D eigenvalue weighted by molar-refractivity contribution is 5.81. The first kappa shape index (κ1) is 14.0. The van der Waals surface area contributed by atoms with Crippen LogP contribution in [-0.2, 0) is 9.53 Å². The first-order valence-electron chi connectivity index (χ1n) is 6.42. The largest absolute Gasteiger partial charge is 0.385 e. The summed E-state index contributed by atoms with van der Waals surface area (Å²) in [5.41, 5.74) is 0.900. The molecule has 1 aliphatic heterocycles. The Morgan fingerprint density at radius 1 is 1.47 bits per heavy atom. The van der Waals surface area contributed by atoms with E-state index in [9.17, 15) is 9.18 Å². The Labute approximate surface area is 112 Å². The van der Waals surface area contributed by atoms with Crippen LogP contribution in [0.2, 0.25) is 0 Å². The van der Waals surface area contributed by atoms with Gasteiger partial charge in [0.2, 0.25) is 5.91 Å². The number of carbonyl (C=O) groups excluding carboxylic acids is 1. The predicted molar refractivity (Wildman–Crippen MR) is 69.9 cm³/mol. The van der Waals surface area contributed by atoms with Crippen LogP contribution in [-0.4, -0.2) is 37.1 Å². The number of ether oxygens (including phenoxy) is 1. The van der Waals surface area contributed by atoms with Crippen molar-refractivity contribution in [2.24, 2.45) is 0 Å². The number of benzene rings is 1. The zero-order valence-corrected chi connectivity index (χ0v) is 11.2. The molecule has 0 aromatic heterocycles. The van der Waals surface area contributed by atoms with Crippen molar-refractivity contribution < 1.29 is 13.9 Å². The Balaban J connectivity index is 2.14. The van der Waals surface area contributed by atoms with Crippen LogP contribution in [0, 0.1) is 5.82 Å². The lowest BCUT2D eigenvalue weighted by Crippen LogP contribution is -2.38. The van der Waals surface area contributed by atoms with E-state index >= 15 is 0 Å². The minimum atomic E-state index is -0.271. The molecule has 2 atom stereocenters. The lowest BCUT2D eigenvalue weighted by atomic mass is 10.1. The fourth-order valence-electron chi connectivity index (χ4n) is 2.37. The Bertz CT molecular complexity index is 436. The summed E-state index contributed by atoms with van der Waals surface area (Å²) in [6.45, 7) is 2.93. The van der Waals surface area contributed by atoms with Gasteiger partial charge in [0.05, 0.1) is 6.54 Å². The number of rotatable bonds is 5. The van der Waals surface area contributed by atoms with E-state index in [1.54, 1.807) is 19.2 Å². The zero-order chi connectivity index (χ0) is 13.8. The Hall–Kier alpha value is -1.46. The van der Waals surface area contributed by atoms with Gasteiger partial charge in [0, 0.05) is 19.8 Å². The third-order valence-corrected chi connectivity index (χ3v) is 3.41. The van der Waals surface area contributed by atoms with Gasteiger partial charge in [0.1, 0.15) is 12.0 Å². The highest BCUT2D eigenvalue weighted by atomic mass is 19.1. The zero-order valence-electron chi connectivity index (χ0n) is 11.2. The number of nitrogens with zero attached hydrogens (tertiary/aromatic N) is 1. The van der Waals surface area contributed by atoms with Gasteiger partial charge >= 0.3 is 0 Å². The Morgan fingerprint density at radius 2 is 2.16 bits per heavy atom. The van der Waals surface area contributed by atoms with Crippen molar-refractivity contribution in [1.82, 2.24) is 10.2 Å². The number of halogens is 1. The van der Waals surface area contributed by atoms with Crippen LogP contribution >= 0.6 is 0 Å². The molecule has 1 aromatic carbocycles. The summed E-state index contributed by atoms with van der Waals surface area (Å²) in [7, 11) is 1.65. The van der Waals surface area contributed by atoms with E-state index in [4.69, 9.17) is 4.74 Å². The van der Waals surface area contributed by atoms with E-state index in [-0.39, 0.29) is 23.9 Å². The first-order valence-corrected chi connectivity index (χ1v) is 6.42. The molecular formula is C14H19FN2O2. The second kappa shape index (κ2) is 6.12. The maximum absolute atomic E-state index is 13.0. The third kappa shape index (κ3) is 3.11. The van der Waals surface area contributed by atoms with E-state index in [0.717, 1.165) is 12.0 Å². The molecule has 1 aromatic rings. The Kier molecular flexibility index (Phi) is 4.50. The molecule has 2 unspecified atom stereocenters. The lowest BCUT2D eigenvalue weighted by Gasteiger charge is -2.30. The monoisotopic (exact) mass is 266 g/mol. The average molecular weight is 266 g/mol. The molecule has 4 nitrogen and oxygen atoms in total. The molecule has 0 saturated carbocycles. The summed E-state index contributed by atoms with van der Waals surface area (Å²) >= 11 is 0. The molecule has 104 valence electrons. The van der Waals surface area contributed by atoms with Gasteiger partial charge in [-0.15, -0.1) is 0 Å². The topological polar surface area (TPSA) is 41.6 Å². The van der Waals surface area contributed by atoms with Crippen molar-refractivity contribution in [2.75, 3.05) is 20.3 Å². The molecule has 5 heteroatoms. The fraction of sp³-hybridized carbons (Fsp3) is 0.500. The highest BCUT2D eigenvalue weighted by Gasteiger charge is 2.34. The maximum atomic E-state index is 13.0. The van der Waals surface area contributed by atoms with Crippen molar-refractivity contribution >= 4 is 5.91 Å². The summed E-state index contributed by atoms with van der Waals surface area (Å²) < 4.78 is 18.0. The minimum Gasteiger partial charge on any atom is -0.385 e. The molecule has 1 amide bonds. The van der Waals surface area contributed by atoms with Crippen LogP contribution in [0.3, 0.4) is 0 Å². The molecular weight excluding hydrogens is 247 g/mol. The van der Waals surface area contributed by atoms with Crippen molar-refractivity contribution in [1.29, 1.82) is 0 Å². The lowest BCUT2D eigenvalue weighted by molar-refractivity contribution is -0.130. The van der Waals surface area contributed by atoms with E-state index in [1.807, 2.05) is 11.8 Å². The quantitative estimate of drug-likeness (QED) is 0.881. The van der Waals surface area contributed by atoms with Gasteiger partial charge < -0.3 is 9.64 Å². The van der Waals surface area contributed by atoms with E-state index < -0.39 is 0 Å². The average Bonchev–Trinajstić information content (AvgIpc) is 2.79. The summed E-state index contributed by atoms with van der Waals surface area (Å²) in [4.78, 5) is 13.8. The third-order valence-electron chi connectivity index (χ3n) is 3.41. The summed E-state index contributed by atoms with van der Waals surface area (Å²) in [5, 5.41) is 3.16. The first-order chi connectivity index (χ1) is 9.13. The van der Waals surface area contributed by atoms with Crippen LogP contribution < -0.4 is 5.32 Å². The van der Waals surface area contributed by atoms with Crippen LogP contribution in [0.25, 0.3) is 0 Å². The number of amides is 1. The van der Waals surface area contributed by atoms with Gasteiger partial charge in [-0.1, -0.05) is 12.1 Å². The Morgan fingerprint density at radius 3 is 2.79 bits per heavy atom.